The molecular formula is C15H21N3OS. The topological polar surface area (TPSA) is 62.1 Å². The van der Waals surface area contributed by atoms with Crippen molar-refractivity contribution >= 4 is 34.3 Å². The number of amides is 1. The average molecular weight is 291 g/mol. The minimum atomic E-state index is 0.0216. The molecule has 0 aliphatic rings. The van der Waals surface area contributed by atoms with Crippen molar-refractivity contribution in [3.05, 3.63) is 30.0 Å². The summed E-state index contributed by atoms with van der Waals surface area (Å²) in [5.41, 5.74) is 8.02. The number of carbonyl (C=O) groups excluding carboxylic acids is 1. The molecule has 1 atom stereocenters. The Balaban J connectivity index is 2.18. The highest BCUT2D eigenvalue weighted by atomic mass is 32.2. The molecule has 4 nitrogen and oxygen atoms in total. The zero-order chi connectivity index (χ0) is 14.7. The summed E-state index contributed by atoms with van der Waals surface area (Å²) < 4.78 is 0. The van der Waals surface area contributed by atoms with Gasteiger partial charge in [0, 0.05) is 29.7 Å². The number of benzene rings is 1. The van der Waals surface area contributed by atoms with Gasteiger partial charge in [-0.25, -0.2) is 0 Å². The first-order valence-electron chi connectivity index (χ1n) is 6.67. The molecule has 0 fully saturated rings. The summed E-state index contributed by atoms with van der Waals surface area (Å²) in [5.74, 6) is 1.08. The van der Waals surface area contributed by atoms with Crippen LogP contribution in [0, 0.1) is 0 Å². The van der Waals surface area contributed by atoms with Crippen molar-refractivity contribution in [2.24, 2.45) is 0 Å². The van der Waals surface area contributed by atoms with Crippen LogP contribution in [0.5, 0.6) is 0 Å². The first-order valence-corrected chi connectivity index (χ1v) is 8.06. The normalized spacial score (nSPS) is 12.6. The van der Waals surface area contributed by atoms with Gasteiger partial charge in [-0.05, 0) is 49.6 Å². The highest BCUT2D eigenvalue weighted by Gasteiger charge is 2.18. The lowest BCUT2D eigenvalue weighted by Gasteiger charge is -2.24. The number of nitrogen functional groups attached to an aromatic ring is 1. The molecule has 0 bridgehead atoms. The van der Waals surface area contributed by atoms with Crippen LogP contribution in [-0.4, -0.2) is 40.9 Å². The molecule has 1 amide bonds. The molecule has 20 heavy (non-hydrogen) atoms. The van der Waals surface area contributed by atoms with Crippen molar-refractivity contribution in [1.29, 1.82) is 0 Å². The predicted molar refractivity (Wildman–Crippen MR) is 87.3 cm³/mol. The Labute approximate surface area is 123 Å². The zero-order valence-corrected chi connectivity index (χ0v) is 13.0. The van der Waals surface area contributed by atoms with Crippen LogP contribution in [0.25, 0.3) is 10.9 Å². The van der Waals surface area contributed by atoms with E-state index < -0.39 is 0 Å². The second kappa shape index (κ2) is 6.22. The van der Waals surface area contributed by atoms with E-state index in [9.17, 15) is 4.79 Å². The van der Waals surface area contributed by atoms with Crippen LogP contribution in [0.3, 0.4) is 0 Å². The Kier molecular flexibility index (Phi) is 4.60. The maximum absolute atomic E-state index is 12.5. The molecule has 0 saturated carbocycles. The number of hydrogen-bond donors (Lipinski definition) is 2. The van der Waals surface area contributed by atoms with Crippen LogP contribution in [0.1, 0.15) is 23.8 Å². The number of nitrogens with zero attached hydrogens (tertiary/aromatic N) is 1. The Morgan fingerprint density at radius 3 is 2.90 bits per heavy atom. The predicted octanol–water partition coefficient (Wildman–Crippen LogP) is 2.96. The Bertz CT molecular complexity index is 608. The third-order valence-electron chi connectivity index (χ3n) is 3.60. The maximum atomic E-state index is 12.5. The zero-order valence-electron chi connectivity index (χ0n) is 12.1. The van der Waals surface area contributed by atoms with E-state index in [1.807, 2.05) is 31.3 Å². The molecule has 2 aromatic rings. The number of H-pyrrole nitrogens is 1. The van der Waals surface area contributed by atoms with Crippen LogP contribution in [0.4, 0.5) is 5.69 Å². The number of thioether (sulfide) groups is 1. The van der Waals surface area contributed by atoms with Crippen molar-refractivity contribution in [2.45, 2.75) is 19.4 Å². The number of rotatable bonds is 5. The van der Waals surface area contributed by atoms with E-state index in [1.54, 1.807) is 16.7 Å². The van der Waals surface area contributed by atoms with Crippen molar-refractivity contribution in [3.63, 3.8) is 0 Å². The quantitative estimate of drug-likeness (QED) is 0.833. The number of anilines is 1. The van der Waals surface area contributed by atoms with Gasteiger partial charge in [-0.3, -0.25) is 4.79 Å². The number of fused-ring (bicyclic) bond motifs is 1. The first kappa shape index (κ1) is 14.8. The summed E-state index contributed by atoms with van der Waals surface area (Å²) in [7, 11) is 1.85. The average Bonchev–Trinajstić information content (AvgIpc) is 2.85. The Morgan fingerprint density at radius 1 is 1.45 bits per heavy atom. The fraction of sp³-hybridized carbons (Fsp3) is 0.400. The van der Waals surface area contributed by atoms with Crippen molar-refractivity contribution < 1.29 is 4.79 Å². The molecule has 0 aliphatic carbocycles. The third-order valence-corrected chi connectivity index (χ3v) is 4.24. The third kappa shape index (κ3) is 3.10. The summed E-state index contributed by atoms with van der Waals surface area (Å²) in [4.78, 5) is 17.4. The number of nitrogens with two attached hydrogens (primary N) is 1. The first-order chi connectivity index (χ1) is 9.52. The summed E-state index contributed by atoms with van der Waals surface area (Å²) in [6.07, 6.45) is 3.08. The number of aromatic nitrogens is 1. The number of aromatic amines is 1. The van der Waals surface area contributed by atoms with Gasteiger partial charge in [-0.15, -0.1) is 0 Å². The maximum Gasteiger partial charge on any atom is 0.270 e. The van der Waals surface area contributed by atoms with Gasteiger partial charge < -0.3 is 15.6 Å². The van der Waals surface area contributed by atoms with Crippen LogP contribution >= 0.6 is 11.8 Å². The molecule has 1 heterocycles. The summed E-state index contributed by atoms with van der Waals surface area (Å²) >= 11 is 1.80. The fourth-order valence-corrected chi connectivity index (χ4v) is 2.72. The van der Waals surface area contributed by atoms with Crippen molar-refractivity contribution in [2.75, 3.05) is 24.8 Å². The highest BCUT2D eigenvalue weighted by Crippen LogP contribution is 2.20. The monoisotopic (exact) mass is 291 g/mol. The van der Waals surface area contributed by atoms with Gasteiger partial charge in [0.15, 0.2) is 0 Å². The van der Waals surface area contributed by atoms with E-state index >= 15 is 0 Å². The van der Waals surface area contributed by atoms with Gasteiger partial charge in [0.2, 0.25) is 0 Å². The van der Waals surface area contributed by atoms with Gasteiger partial charge in [0.25, 0.3) is 5.91 Å². The molecule has 1 aromatic heterocycles. The van der Waals surface area contributed by atoms with Gasteiger partial charge in [0.1, 0.15) is 5.69 Å². The standard InChI is InChI=1S/C15H21N3OS/c1-10(6-7-20-3)18(2)15(19)14-9-11-8-12(16)4-5-13(11)17-14/h4-5,8-10,17H,6-7,16H2,1-3H3. The molecule has 0 aliphatic heterocycles. The second-order valence-electron chi connectivity index (χ2n) is 5.08. The lowest BCUT2D eigenvalue weighted by Crippen LogP contribution is -2.35. The lowest BCUT2D eigenvalue weighted by molar-refractivity contribution is 0.0736. The SMILES string of the molecule is CSCCC(C)N(C)C(=O)c1cc2cc(N)ccc2[nH]1. The van der Waals surface area contributed by atoms with E-state index in [2.05, 4.69) is 18.2 Å². The minimum absolute atomic E-state index is 0.0216. The molecule has 0 spiro atoms. The smallest absolute Gasteiger partial charge is 0.270 e. The van der Waals surface area contributed by atoms with E-state index in [0.29, 0.717) is 11.4 Å². The van der Waals surface area contributed by atoms with Crippen LogP contribution in [-0.2, 0) is 0 Å². The largest absolute Gasteiger partial charge is 0.399 e. The van der Waals surface area contributed by atoms with Crippen molar-refractivity contribution in [1.82, 2.24) is 9.88 Å². The molecule has 0 saturated heterocycles. The molecule has 3 N–H and O–H groups in total. The molecule has 1 aromatic carbocycles. The lowest BCUT2D eigenvalue weighted by atomic mass is 10.2. The second-order valence-corrected chi connectivity index (χ2v) is 6.06. The van der Waals surface area contributed by atoms with E-state index in [1.165, 1.54) is 0 Å². The summed E-state index contributed by atoms with van der Waals surface area (Å²) in [6.45, 7) is 2.08. The summed E-state index contributed by atoms with van der Waals surface area (Å²) in [5, 5.41) is 0.971. The van der Waals surface area contributed by atoms with Crippen LogP contribution < -0.4 is 5.73 Å². The summed E-state index contributed by atoms with van der Waals surface area (Å²) in [6, 6.07) is 7.70. The van der Waals surface area contributed by atoms with Crippen molar-refractivity contribution in [3.8, 4) is 0 Å². The fourth-order valence-electron chi connectivity index (χ4n) is 2.14. The Hall–Kier alpha value is -1.62. The van der Waals surface area contributed by atoms with E-state index in [0.717, 1.165) is 23.1 Å². The highest BCUT2D eigenvalue weighted by molar-refractivity contribution is 7.98. The molecule has 2 rings (SSSR count). The van der Waals surface area contributed by atoms with Gasteiger partial charge in [0.05, 0.1) is 0 Å². The molecule has 1 unspecified atom stereocenters. The number of hydrogen-bond acceptors (Lipinski definition) is 3. The van der Waals surface area contributed by atoms with Crippen LogP contribution in [0.2, 0.25) is 0 Å². The van der Waals surface area contributed by atoms with Gasteiger partial charge in [-0.1, -0.05) is 0 Å². The van der Waals surface area contributed by atoms with E-state index in [-0.39, 0.29) is 11.9 Å². The van der Waals surface area contributed by atoms with E-state index in [4.69, 9.17) is 5.73 Å². The molecule has 0 radical (unpaired) electrons. The molecular weight excluding hydrogens is 270 g/mol. The molecule has 5 heteroatoms. The molecule has 108 valence electrons. The van der Waals surface area contributed by atoms with Gasteiger partial charge >= 0.3 is 0 Å². The Morgan fingerprint density at radius 2 is 2.20 bits per heavy atom. The van der Waals surface area contributed by atoms with Crippen LogP contribution in [0.15, 0.2) is 24.3 Å². The number of nitrogens with one attached hydrogen (secondary N) is 1. The minimum Gasteiger partial charge on any atom is -0.399 e. The van der Waals surface area contributed by atoms with Gasteiger partial charge in [-0.2, -0.15) is 11.8 Å². The number of carbonyl (C=O) groups is 1.